The van der Waals surface area contributed by atoms with Gasteiger partial charge in [-0.2, -0.15) is 0 Å². The van der Waals surface area contributed by atoms with Gasteiger partial charge in [0.25, 0.3) is 0 Å². The standard InChI is InChI=1S/C25H36N2O4/c1-20(28)26(2)22-8-15-31-25(19-22)9-13-27(14-10-25)23(29)24(11-16-30-17-12-24)18-21-6-4-3-5-7-21/h3-7,22H,8-19H2,1-2H3. The van der Waals surface area contributed by atoms with Gasteiger partial charge in [-0.05, 0) is 50.5 Å². The van der Waals surface area contributed by atoms with E-state index in [0.717, 1.165) is 58.0 Å². The van der Waals surface area contributed by atoms with Gasteiger partial charge in [0.1, 0.15) is 0 Å². The highest BCUT2D eigenvalue weighted by atomic mass is 16.5. The normalized spacial score (nSPS) is 25.2. The van der Waals surface area contributed by atoms with Crippen LogP contribution in [0.25, 0.3) is 0 Å². The van der Waals surface area contributed by atoms with E-state index in [-0.39, 0.29) is 28.9 Å². The molecule has 3 heterocycles. The fraction of sp³-hybridized carbons (Fsp3) is 0.680. The van der Waals surface area contributed by atoms with E-state index in [4.69, 9.17) is 9.47 Å². The van der Waals surface area contributed by atoms with Crippen molar-refractivity contribution >= 4 is 11.8 Å². The highest BCUT2D eigenvalue weighted by Crippen LogP contribution is 2.40. The Labute approximate surface area is 185 Å². The Morgan fingerprint density at radius 1 is 1.06 bits per heavy atom. The summed E-state index contributed by atoms with van der Waals surface area (Å²) in [5.41, 5.74) is 0.651. The van der Waals surface area contributed by atoms with E-state index in [2.05, 4.69) is 17.0 Å². The lowest BCUT2D eigenvalue weighted by Crippen LogP contribution is -2.57. The summed E-state index contributed by atoms with van der Waals surface area (Å²) in [4.78, 5) is 29.6. The summed E-state index contributed by atoms with van der Waals surface area (Å²) in [6.45, 7) is 5.07. The summed E-state index contributed by atoms with van der Waals surface area (Å²) < 4.78 is 11.9. The zero-order valence-corrected chi connectivity index (χ0v) is 19.0. The average Bonchev–Trinajstić information content (AvgIpc) is 2.80. The summed E-state index contributed by atoms with van der Waals surface area (Å²) >= 11 is 0. The topological polar surface area (TPSA) is 59.1 Å². The van der Waals surface area contributed by atoms with E-state index >= 15 is 0 Å². The largest absolute Gasteiger partial charge is 0.381 e. The summed E-state index contributed by atoms with van der Waals surface area (Å²) in [5.74, 6) is 0.389. The predicted molar refractivity (Wildman–Crippen MR) is 119 cm³/mol. The van der Waals surface area contributed by atoms with Crippen LogP contribution in [0.1, 0.15) is 51.0 Å². The molecule has 0 N–H and O–H groups in total. The molecule has 1 spiro atoms. The van der Waals surface area contributed by atoms with Crippen molar-refractivity contribution in [3.8, 4) is 0 Å². The van der Waals surface area contributed by atoms with Crippen LogP contribution < -0.4 is 0 Å². The quantitative estimate of drug-likeness (QED) is 0.740. The molecular weight excluding hydrogens is 392 g/mol. The lowest BCUT2D eigenvalue weighted by atomic mass is 9.73. The number of hydrogen-bond acceptors (Lipinski definition) is 4. The summed E-state index contributed by atoms with van der Waals surface area (Å²) in [6.07, 6.45) is 5.79. The fourth-order valence-corrected chi connectivity index (χ4v) is 5.61. The van der Waals surface area contributed by atoms with Gasteiger partial charge in [0.05, 0.1) is 11.0 Å². The molecule has 6 heteroatoms. The molecule has 170 valence electrons. The van der Waals surface area contributed by atoms with Crippen LogP contribution >= 0.6 is 0 Å². The van der Waals surface area contributed by atoms with Crippen LogP contribution in [0, 0.1) is 5.41 Å². The Morgan fingerprint density at radius 3 is 2.39 bits per heavy atom. The third kappa shape index (κ3) is 4.80. The Morgan fingerprint density at radius 2 is 1.74 bits per heavy atom. The molecule has 0 bridgehead atoms. The monoisotopic (exact) mass is 428 g/mol. The number of carbonyl (C=O) groups excluding carboxylic acids is 2. The van der Waals surface area contributed by atoms with Crippen molar-refractivity contribution in [2.75, 3.05) is 40.0 Å². The van der Waals surface area contributed by atoms with Gasteiger partial charge in [-0.25, -0.2) is 0 Å². The molecule has 1 atom stereocenters. The number of ether oxygens (including phenoxy) is 2. The minimum Gasteiger partial charge on any atom is -0.381 e. The molecule has 2 amide bonds. The van der Waals surface area contributed by atoms with Gasteiger partial charge < -0.3 is 19.3 Å². The van der Waals surface area contributed by atoms with Gasteiger partial charge >= 0.3 is 0 Å². The van der Waals surface area contributed by atoms with E-state index < -0.39 is 0 Å². The zero-order chi connectivity index (χ0) is 21.9. The van der Waals surface area contributed by atoms with E-state index in [1.54, 1.807) is 6.92 Å². The SMILES string of the molecule is CC(=O)N(C)C1CCOC2(CCN(C(=O)C3(Cc4ccccc4)CCOCC3)CC2)C1. The minimum absolute atomic E-state index is 0.108. The second-order valence-electron chi connectivity index (χ2n) is 9.66. The van der Waals surface area contributed by atoms with E-state index in [9.17, 15) is 9.59 Å². The minimum atomic E-state index is -0.366. The number of carbonyl (C=O) groups is 2. The van der Waals surface area contributed by atoms with Crippen LogP contribution in [-0.4, -0.2) is 73.2 Å². The first-order valence-electron chi connectivity index (χ1n) is 11.7. The first kappa shape index (κ1) is 22.3. The number of benzene rings is 1. The molecule has 1 aromatic rings. The van der Waals surface area contributed by atoms with E-state index in [0.29, 0.717) is 19.8 Å². The van der Waals surface area contributed by atoms with Crippen molar-refractivity contribution in [2.24, 2.45) is 5.41 Å². The molecule has 0 radical (unpaired) electrons. The Hall–Kier alpha value is -1.92. The fourth-order valence-electron chi connectivity index (χ4n) is 5.61. The lowest BCUT2D eigenvalue weighted by Gasteiger charge is -2.49. The van der Waals surface area contributed by atoms with E-state index in [1.807, 2.05) is 30.1 Å². The van der Waals surface area contributed by atoms with Gasteiger partial charge in [0, 0.05) is 52.9 Å². The number of likely N-dealkylation sites (tertiary alicyclic amines) is 1. The molecule has 31 heavy (non-hydrogen) atoms. The van der Waals surface area contributed by atoms with Gasteiger partial charge in [-0.15, -0.1) is 0 Å². The van der Waals surface area contributed by atoms with Crippen molar-refractivity contribution in [1.82, 2.24) is 9.80 Å². The van der Waals surface area contributed by atoms with Crippen LogP contribution in [0.3, 0.4) is 0 Å². The average molecular weight is 429 g/mol. The molecule has 3 saturated heterocycles. The number of hydrogen-bond donors (Lipinski definition) is 0. The molecule has 0 aromatic heterocycles. The molecule has 6 nitrogen and oxygen atoms in total. The maximum Gasteiger partial charge on any atom is 0.229 e. The molecule has 0 saturated carbocycles. The van der Waals surface area contributed by atoms with Crippen LogP contribution in [0.5, 0.6) is 0 Å². The van der Waals surface area contributed by atoms with Gasteiger partial charge in [-0.1, -0.05) is 30.3 Å². The molecule has 1 aromatic carbocycles. The smallest absolute Gasteiger partial charge is 0.229 e. The first-order chi connectivity index (χ1) is 14.9. The predicted octanol–water partition coefficient (Wildman–Crippen LogP) is 3.04. The van der Waals surface area contributed by atoms with E-state index in [1.165, 1.54) is 5.56 Å². The molecule has 1 unspecified atom stereocenters. The Balaban J connectivity index is 1.43. The second-order valence-corrected chi connectivity index (χ2v) is 9.66. The maximum atomic E-state index is 13.8. The van der Waals surface area contributed by atoms with Crippen molar-refractivity contribution in [3.63, 3.8) is 0 Å². The molecule has 0 aliphatic carbocycles. The van der Waals surface area contributed by atoms with Crippen molar-refractivity contribution < 1.29 is 19.1 Å². The van der Waals surface area contributed by atoms with Crippen molar-refractivity contribution in [1.29, 1.82) is 0 Å². The number of nitrogens with zero attached hydrogens (tertiary/aromatic N) is 2. The van der Waals surface area contributed by atoms with Crippen molar-refractivity contribution in [3.05, 3.63) is 35.9 Å². The maximum absolute atomic E-state index is 13.8. The molecule has 4 rings (SSSR count). The van der Waals surface area contributed by atoms with Crippen LogP contribution in [0.2, 0.25) is 0 Å². The third-order valence-corrected chi connectivity index (χ3v) is 7.76. The van der Waals surface area contributed by atoms with Gasteiger partial charge in [0.2, 0.25) is 11.8 Å². The number of rotatable bonds is 4. The van der Waals surface area contributed by atoms with Crippen LogP contribution in [0.15, 0.2) is 30.3 Å². The molecule has 3 aliphatic rings. The lowest BCUT2D eigenvalue weighted by molar-refractivity contribution is -0.162. The molecular formula is C25H36N2O4. The highest BCUT2D eigenvalue weighted by molar-refractivity contribution is 5.83. The molecule has 3 aliphatic heterocycles. The second kappa shape index (κ2) is 9.29. The third-order valence-electron chi connectivity index (χ3n) is 7.76. The highest BCUT2D eigenvalue weighted by Gasteiger charge is 2.47. The number of amides is 2. The molecule has 3 fully saturated rings. The van der Waals surface area contributed by atoms with Crippen LogP contribution in [0.4, 0.5) is 0 Å². The van der Waals surface area contributed by atoms with Gasteiger partial charge in [0.15, 0.2) is 0 Å². The Kier molecular flexibility index (Phi) is 6.68. The van der Waals surface area contributed by atoms with Crippen LogP contribution in [-0.2, 0) is 25.5 Å². The van der Waals surface area contributed by atoms with Crippen molar-refractivity contribution in [2.45, 2.75) is 63.5 Å². The first-order valence-corrected chi connectivity index (χ1v) is 11.7. The zero-order valence-electron chi connectivity index (χ0n) is 19.0. The Bertz CT molecular complexity index is 767. The number of piperidine rings is 1. The van der Waals surface area contributed by atoms with Gasteiger partial charge in [-0.3, -0.25) is 9.59 Å². The summed E-state index contributed by atoms with van der Waals surface area (Å²) in [6, 6.07) is 10.6. The summed E-state index contributed by atoms with van der Waals surface area (Å²) in [5, 5.41) is 0. The summed E-state index contributed by atoms with van der Waals surface area (Å²) in [7, 11) is 1.89.